The third-order valence-electron chi connectivity index (χ3n) is 11.7. The molecule has 4 unspecified atom stereocenters. The first-order valence-corrected chi connectivity index (χ1v) is 29.0. The summed E-state index contributed by atoms with van der Waals surface area (Å²) in [5, 5.41) is 5.48. The third-order valence-corrected chi connectivity index (χ3v) is 31.6. The Morgan fingerprint density at radius 2 is 0.982 bits per heavy atom. The SMILES string of the molecule is CCC(C)C1=Cc2c(-c3ccccc3C(F)(F)F)cccc2[CH]1[Zr]([Cl])([Cl])([B](NC=O)NC=O)[CH]1C(C(C)CC)=Cc2c(-c3ccccc3C(F)(F)F)cccc21. The van der Waals surface area contributed by atoms with Gasteiger partial charge in [-0.15, -0.1) is 0 Å². The van der Waals surface area contributed by atoms with E-state index in [2.05, 4.69) is 10.5 Å². The summed E-state index contributed by atoms with van der Waals surface area (Å²) in [5.74, 6) is -0.447. The monoisotopic (exact) mass is 889 g/mol. The average molecular weight is 892 g/mol. The van der Waals surface area contributed by atoms with Gasteiger partial charge in [0, 0.05) is 0 Å². The number of hydrogen-bond donors (Lipinski definition) is 2. The number of fused-ring (bicyclic) bond motifs is 2. The summed E-state index contributed by atoms with van der Waals surface area (Å²) in [6.07, 6.45) is -3.65. The zero-order valence-corrected chi connectivity index (χ0v) is 35.0. The van der Waals surface area contributed by atoms with Gasteiger partial charge in [-0.05, 0) is 0 Å². The molecule has 0 saturated heterocycles. The number of nitrogens with one attached hydrogen (secondary N) is 2. The molecule has 14 heteroatoms. The van der Waals surface area contributed by atoms with E-state index >= 15 is 0 Å². The van der Waals surface area contributed by atoms with Crippen LogP contribution in [0.25, 0.3) is 34.4 Å². The van der Waals surface area contributed by atoms with Crippen LogP contribution in [0.15, 0.2) is 96.1 Å². The predicted molar refractivity (Wildman–Crippen MR) is 210 cm³/mol. The molecule has 4 atom stereocenters. The molecule has 0 fully saturated rings. The van der Waals surface area contributed by atoms with Crippen molar-refractivity contribution >= 4 is 46.5 Å². The summed E-state index contributed by atoms with van der Waals surface area (Å²) in [5.41, 5.74) is 2.43. The standard InChI is InChI=1S/2C20H18F3.C2H3BN2O2.2ClH.Zr/c2*1-3-13(2)15-11-14-7-6-9-16(18(14)12-15)17-8-4-5-10-19(17)20(21,22)23;6-1-4-3-5-2-7;;;/h2*4-13H,3H2,1-2H3;1-2H,(H-,4,5,6,7);2*1H;/q;;;;;+1/p-1. The van der Waals surface area contributed by atoms with E-state index < -0.39 is 51.4 Å². The van der Waals surface area contributed by atoms with Crippen molar-refractivity contribution in [3.63, 3.8) is 0 Å². The van der Waals surface area contributed by atoms with Crippen LogP contribution in [0.2, 0.25) is 0 Å². The number of alkyl halides is 6. The van der Waals surface area contributed by atoms with Crippen LogP contribution in [0, 0.1) is 11.8 Å². The molecule has 0 saturated carbocycles. The first-order chi connectivity index (χ1) is 26.4. The second kappa shape index (κ2) is 15.6. The third kappa shape index (κ3) is 7.02. The summed E-state index contributed by atoms with van der Waals surface area (Å²) in [6.45, 7) is 7.85. The quantitative estimate of drug-likeness (QED) is 0.0798. The van der Waals surface area contributed by atoms with Crippen molar-refractivity contribution in [2.75, 3.05) is 0 Å². The van der Waals surface area contributed by atoms with Gasteiger partial charge in [0.1, 0.15) is 0 Å². The first kappa shape index (κ1) is 42.0. The Morgan fingerprint density at radius 1 is 0.625 bits per heavy atom. The van der Waals surface area contributed by atoms with E-state index in [9.17, 15) is 35.9 Å². The van der Waals surface area contributed by atoms with Gasteiger partial charge in [0.2, 0.25) is 0 Å². The second-order valence-corrected chi connectivity index (χ2v) is 36.1. The molecule has 56 heavy (non-hydrogen) atoms. The van der Waals surface area contributed by atoms with E-state index in [-0.39, 0.29) is 23.0 Å². The van der Waals surface area contributed by atoms with E-state index in [1.807, 2.05) is 39.8 Å². The van der Waals surface area contributed by atoms with Gasteiger partial charge in [-0.3, -0.25) is 0 Å². The van der Waals surface area contributed by atoms with Crippen LogP contribution in [0.4, 0.5) is 26.3 Å². The molecular weight excluding hydrogens is 851 g/mol. The number of rotatable bonds is 13. The zero-order valence-electron chi connectivity index (χ0n) is 31.0. The van der Waals surface area contributed by atoms with E-state index in [4.69, 9.17) is 17.0 Å². The van der Waals surface area contributed by atoms with E-state index in [0.717, 1.165) is 23.3 Å². The minimum atomic E-state index is -6.44. The van der Waals surface area contributed by atoms with Crippen LogP contribution in [-0.4, -0.2) is 17.3 Å². The molecule has 0 spiro atoms. The van der Waals surface area contributed by atoms with Gasteiger partial charge in [0.15, 0.2) is 0 Å². The fourth-order valence-electron chi connectivity index (χ4n) is 8.81. The number of carbonyl (C=O) groups excluding carboxylic acids is 2. The molecule has 0 aromatic heterocycles. The van der Waals surface area contributed by atoms with Crippen molar-refractivity contribution in [2.24, 2.45) is 11.8 Å². The topological polar surface area (TPSA) is 58.2 Å². The van der Waals surface area contributed by atoms with Crippen LogP contribution in [0.1, 0.15) is 81.2 Å². The van der Waals surface area contributed by atoms with Crippen LogP contribution in [0.5, 0.6) is 0 Å². The van der Waals surface area contributed by atoms with Crippen molar-refractivity contribution in [1.82, 2.24) is 10.5 Å². The maximum absolute atomic E-state index is 14.5. The molecule has 4 nitrogen and oxygen atoms in total. The molecule has 2 N–H and O–H groups in total. The molecule has 293 valence electrons. The van der Waals surface area contributed by atoms with Crippen molar-refractivity contribution in [1.29, 1.82) is 0 Å². The average Bonchev–Trinajstić information content (AvgIpc) is 3.78. The summed E-state index contributed by atoms with van der Waals surface area (Å²) in [6, 6.07) is 20.7. The molecule has 4 aromatic rings. The van der Waals surface area contributed by atoms with Crippen LogP contribution in [-0.2, 0) is 38.1 Å². The molecular formula is C42H40BCl2F6N2O2Zr. The van der Waals surface area contributed by atoms with Crippen molar-refractivity contribution in [3.05, 3.63) is 129 Å². The Hall–Kier alpha value is -3.59. The molecule has 0 radical (unpaired) electrons. The summed E-state index contributed by atoms with van der Waals surface area (Å²) >= 11 is -6.44. The maximum atomic E-state index is 14.5. The summed E-state index contributed by atoms with van der Waals surface area (Å²) < 4.78 is 83.8. The van der Waals surface area contributed by atoms with E-state index in [0.29, 0.717) is 59.0 Å². The van der Waals surface area contributed by atoms with Crippen LogP contribution < -0.4 is 10.5 Å². The fraction of sp³-hybridized carbons (Fsp3) is 0.286. The van der Waals surface area contributed by atoms with Crippen molar-refractivity contribution in [3.8, 4) is 22.3 Å². The number of amides is 2. The van der Waals surface area contributed by atoms with Gasteiger partial charge in [-0.2, -0.15) is 0 Å². The Kier molecular flexibility index (Phi) is 11.7. The Labute approximate surface area is 330 Å². The summed E-state index contributed by atoms with van der Waals surface area (Å²) in [7, 11) is 16.9. The van der Waals surface area contributed by atoms with Gasteiger partial charge in [0.25, 0.3) is 0 Å². The van der Waals surface area contributed by atoms with Crippen molar-refractivity contribution in [2.45, 2.75) is 60.1 Å². The Balaban J connectivity index is 1.73. The van der Waals surface area contributed by atoms with Gasteiger partial charge in [-0.1, -0.05) is 0 Å². The number of halogens is 8. The second-order valence-electron chi connectivity index (χ2n) is 14.7. The van der Waals surface area contributed by atoms with Gasteiger partial charge >= 0.3 is 333 Å². The molecule has 0 aliphatic heterocycles. The first-order valence-electron chi connectivity index (χ1n) is 18.4. The van der Waals surface area contributed by atoms with Crippen LogP contribution in [0.3, 0.4) is 0 Å². The number of benzene rings is 4. The minimum absolute atomic E-state index is 0.0378. The van der Waals surface area contributed by atoms with Gasteiger partial charge in [0.05, 0.1) is 0 Å². The van der Waals surface area contributed by atoms with E-state index in [1.54, 1.807) is 36.4 Å². The van der Waals surface area contributed by atoms with Gasteiger partial charge < -0.3 is 0 Å². The zero-order chi connectivity index (χ0) is 40.8. The fourth-order valence-corrected chi connectivity index (χ4v) is 29.5. The predicted octanol–water partition coefficient (Wildman–Crippen LogP) is 12.2. The summed E-state index contributed by atoms with van der Waals surface area (Å²) in [4.78, 5) is 25.0. The normalized spacial score (nSPS) is 18.4. The van der Waals surface area contributed by atoms with Crippen LogP contribution >= 0.6 is 17.0 Å². The molecule has 0 heterocycles. The molecule has 2 amide bonds. The van der Waals surface area contributed by atoms with Crippen molar-refractivity contribution < 1.29 is 52.1 Å². The number of carbonyl (C=O) groups is 2. The number of allylic oxidation sites excluding steroid dienone is 2. The Morgan fingerprint density at radius 3 is 1.32 bits per heavy atom. The van der Waals surface area contributed by atoms with Gasteiger partial charge in [-0.25, -0.2) is 0 Å². The molecule has 2 aliphatic carbocycles. The Bertz CT molecular complexity index is 2090. The number of hydrogen-bond acceptors (Lipinski definition) is 2. The van der Waals surface area contributed by atoms with E-state index in [1.165, 1.54) is 36.4 Å². The molecule has 2 aliphatic rings. The molecule has 4 aromatic carbocycles. The molecule has 0 bridgehead atoms. The molecule has 6 rings (SSSR count).